The number of allylic oxidation sites excluding steroid dienone is 1. The maximum atomic E-state index is 12.9. The van der Waals surface area contributed by atoms with Gasteiger partial charge in [0.25, 0.3) is 0 Å². The Balaban J connectivity index is 1.50. The lowest BCUT2D eigenvalue weighted by molar-refractivity contribution is -0.113. The fraction of sp³-hybridized carbons (Fsp3) is 0.185. The average Bonchev–Trinajstić information content (AvgIpc) is 3.52. The molecule has 0 radical (unpaired) electrons. The van der Waals surface area contributed by atoms with Crippen molar-refractivity contribution >= 4 is 51.6 Å². The summed E-state index contributed by atoms with van der Waals surface area (Å²) in [7, 11) is 1.31. The molecule has 4 rings (SSSR count). The van der Waals surface area contributed by atoms with Gasteiger partial charge in [-0.15, -0.1) is 28.1 Å². The number of anilines is 1. The van der Waals surface area contributed by atoms with Crippen LogP contribution in [0.25, 0.3) is 22.5 Å². The Kier molecular flexibility index (Phi) is 9.22. The summed E-state index contributed by atoms with van der Waals surface area (Å²) in [5, 5.41) is 14.9. The summed E-state index contributed by atoms with van der Waals surface area (Å²) >= 11 is 8.50. The number of nitrogens with one attached hydrogen (secondary N) is 1. The van der Waals surface area contributed by atoms with Crippen LogP contribution in [0.5, 0.6) is 5.75 Å². The molecule has 0 bridgehead atoms. The van der Waals surface area contributed by atoms with Crippen molar-refractivity contribution in [1.82, 2.24) is 14.8 Å². The highest BCUT2D eigenvalue weighted by molar-refractivity contribution is 7.99. The number of carbonyl (C=O) groups excluding carboxylic acids is 2. The van der Waals surface area contributed by atoms with Crippen molar-refractivity contribution in [1.29, 1.82) is 0 Å². The van der Waals surface area contributed by atoms with E-state index in [1.165, 1.54) is 30.2 Å². The fourth-order valence-corrected chi connectivity index (χ4v) is 5.51. The van der Waals surface area contributed by atoms with E-state index in [1.807, 2.05) is 53.3 Å². The lowest BCUT2D eigenvalue weighted by atomic mass is 10.0. The van der Waals surface area contributed by atoms with Crippen molar-refractivity contribution in [2.24, 2.45) is 0 Å². The van der Waals surface area contributed by atoms with Gasteiger partial charge in [-0.3, -0.25) is 9.36 Å². The molecule has 0 atom stereocenters. The van der Waals surface area contributed by atoms with Gasteiger partial charge >= 0.3 is 5.97 Å². The average molecular weight is 569 g/mol. The molecule has 0 spiro atoms. The molecule has 11 heteroatoms. The van der Waals surface area contributed by atoms with E-state index in [0.717, 1.165) is 16.9 Å². The van der Waals surface area contributed by atoms with Crippen LogP contribution in [0.15, 0.2) is 71.7 Å². The largest absolute Gasteiger partial charge is 0.494 e. The number of halogens is 1. The van der Waals surface area contributed by atoms with E-state index in [-0.39, 0.29) is 11.7 Å². The van der Waals surface area contributed by atoms with Crippen molar-refractivity contribution in [3.8, 4) is 28.3 Å². The second-order valence-corrected chi connectivity index (χ2v) is 10.1. The van der Waals surface area contributed by atoms with Crippen molar-refractivity contribution < 1.29 is 19.1 Å². The van der Waals surface area contributed by atoms with Gasteiger partial charge in [-0.1, -0.05) is 41.6 Å². The van der Waals surface area contributed by atoms with E-state index < -0.39 is 5.97 Å². The Labute approximate surface area is 233 Å². The van der Waals surface area contributed by atoms with Crippen LogP contribution in [-0.2, 0) is 16.1 Å². The van der Waals surface area contributed by atoms with Gasteiger partial charge in [-0.2, -0.15) is 0 Å². The fourth-order valence-electron chi connectivity index (χ4n) is 3.66. The van der Waals surface area contributed by atoms with E-state index in [1.54, 1.807) is 18.2 Å². The maximum Gasteiger partial charge on any atom is 0.341 e. The predicted molar refractivity (Wildman–Crippen MR) is 152 cm³/mol. The van der Waals surface area contributed by atoms with Crippen LogP contribution < -0.4 is 10.1 Å². The molecule has 2 aromatic heterocycles. The van der Waals surface area contributed by atoms with Crippen LogP contribution in [0.3, 0.4) is 0 Å². The molecule has 1 N–H and O–H groups in total. The third kappa shape index (κ3) is 6.27. The van der Waals surface area contributed by atoms with Crippen LogP contribution >= 0.6 is 34.7 Å². The van der Waals surface area contributed by atoms with Crippen LogP contribution in [0.4, 0.5) is 5.00 Å². The lowest BCUT2D eigenvalue weighted by Gasteiger charge is -2.09. The molecule has 0 fully saturated rings. The number of aromatic nitrogens is 3. The number of ether oxygens (including phenoxy) is 2. The van der Waals surface area contributed by atoms with Gasteiger partial charge in [0.2, 0.25) is 5.91 Å². The summed E-state index contributed by atoms with van der Waals surface area (Å²) < 4.78 is 12.4. The first-order valence-electron chi connectivity index (χ1n) is 11.6. The molecule has 2 heterocycles. The summed E-state index contributed by atoms with van der Waals surface area (Å²) in [4.78, 5) is 25.5. The van der Waals surface area contributed by atoms with Crippen LogP contribution in [0.2, 0.25) is 5.02 Å². The van der Waals surface area contributed by atoms with E-state index in [4.69, 9.17) is 21.1 Å². The minimum absolute atomic E-state index is 0.0628. The first-order valence-corrected chi connectivity index (χ1v) is 13.8. The maximum absolute atomic E-state index is 12.9. The number of amides is 1. The Morgan fingerprint density at radius 1 is 1.13 bits per heavy atom. The number of hydrogen-bond donors (Lipinski definition) is 1. The zero-order valence-corrected chi connectivity index (χ0v) is 23.2. The second-order valence-electron chi connectivity index (χ2n) is 7.85. The van der Waals surface area contributed by atoms with Gasteiger partial charge in [0.15, 0.2) is 11.0 Å². The highest BCUT2D eigenvalue weighted by Crippen LogP contribution is 2.37. The Morgan fingerprint density at radius 3 is 2.50 bits per heavy atom. The van der Waals surface area contributed by atoms with Gasteiger partial charge in [-0.25, -0.2) is 4.79 Å². The standard InChI is InChI=1S/C27H25ClN4O4S2/c1-4-14-32-24(18-8-12-20(13-9-18)36-5-2)30-31-27(32)38-16-22(33)29-25-23(26(34)35-3)21(15-37-25)17-6-10-19(28)11-7-17/h4,6-13,15H,1,5,14,16H2,2-3H3,(H,29,33). The molecule has 1 amide bonds. The molecule has 0 saturated heterocycles. The minimum Gasteiger partial charge on any atom is -0.494 e. The van der Waals surface area contributed by atoms with Crippen molar-refractivity contribution in [3.63, 3.8) is 0 Å². The molecule has 0 aliphatic carbocycles. The van der Waals surface area contributed by atoms with Crippen LogP contribution in [-0.4, -0.2) is 46.1 Å². The third-order valence-corrected chi connectivity index (χ3v) is 7.49. The first-order chi connectivity index (χ1) is 18.4. The van der Waals surface area contributed by atoms with Gasteiger partial charge in [-0.05, 0) is 48.9 Å². The molecule has 196 valence electrons. The zero-order chi connectivity index (χ0) is 27.1. The number of nitrogens with zero attached hydrogens (tertiary/aromatic N) is 3. The second kappa shape index (κ2) is 12.8. The molecule has 38 heavy (non-hydrogen) atoms. The predicted octanol–water partition coefficient (Wildman–Crippen LogP) is 6.43. The molecule has 0 aliphatic heterocycles. The number of carbonyl (C=O) groups is 2. The quantitative estimate of drug-likeness (QED) is 0.126. The summed E-state index contributed by atoms with van der Waals surface area (Å²) in [5.74, 6) is 0.671. The van der Waals surface area contributed by atoms with Crippen molar-refractivity contribution in [2.75, 3.05) is 24.8 Å². The Morgan fingerprint density at radius 2 is 1.84 bits per heavy atom. The van der Waals surface area contributed by atoms with E-state index in [2.05, 4.69) is 22.1 Å². The van der Waals surface area contributed by atoms with Crippen LogP contribution in [0, 0.1) is 0 Å². The molecule has 0 unspecified atom stereocenters. The van der Waals surface area contributed by atoms with Crippen LogP contribution in [0.1, 0.15) is 17.3 Å². The normalized spacial score (nSPS) is 10.7. The Hall–Kier alpha value is -3.60. The highest BCUT2D eigenvalue weighted by Gasteiger charge is 2.23. The van der Waals surface area contributed by atoms with E-state index in [0.29, 0.717) is 45.3 Å². The summed E-state index contributed by atoms with van der Waals surface area (Å²) in [6, 6.07) is 14.7. The van der Waals surface area contributed by atoms with E-state index in [9.17, 15) is 9.59 Å². The minimum atomic E-state index is -0.537. The molecule has 8 nitrogen and oxygen atoms in total. The van der Waals surface area contributed by atoms with Gasteiger partial charge < -0.3 is 14.8 Å². The summed E-state index contributed by atoms with van der Waals surface area (Å²) in [6.45, 7) is 6.83. The molecule has 0 aliphatic rings. The first kappa shape index (κ1) is 27.4. The Bertz CT molecular complexity index is 1430. The number of benzene rings is 2. The number of esters is 1. The number of thioether (sulfide) groups is 1. The summed E-state index contributed by atoms with van der Waals surface area (Å²) in [5.41, 5.74) is 2.62. The molecular formula is C27H25ClN4O4S2. The smallest absolute Gasteiger partial charge is 0.341 e. The molecule has 4 aromatic rings. The zero-order valence-electron chi connectivity index (χ0n) is 20.8. The SMILES string of the molecule is C=CCn1c(SCC(=O)Nc2scc(-c3ccc(Cl)cc3)c2C(=O)OC)nnc1-c1ccc(OCC)cc1. The van der Waals surface area contributed by atoms with Gasteiger partial charge in [0, 0.05) is 28.1 Å². The highest BCUT2D eigenvalue weighted by atomic mass is 35.5. The molecule has 2 aromatic carbocycles. The summed E-state index contributed by atoms with van der Waals surface area (Å²) in [6.07, 6.45) is 1.75. The molecular weight excluding hydrogens is 544 g/mol. The monoisotopic (exact) mass is 568 g/mol. The van der Waals surface area contributed by atoms with Crippen molar-refractivity contribution in [3.05, 3.63) is 77.2 Å². The van der Waals surface area contributed by atoms with Gasteiger partial charge in [0.1, 0.15) is 16.3 Å². The number of thiophene rings is 1. The number of methoxy groups -OCH3 is 1. The number of rotatable bonds is 11. The van der Waals surface area contributed by atoms with Gasteiger partial charge in [0.05, 0.1) is 19.5 Å². The van der Waals surface area contributed by atoms with Crippen molar-refractivity contribution in [2.45, 2.75) is 18.6 Å². The van der Waals surface area contributed by atoms with E-state index >= 15 is 0 Å². The number of hydrogen-bond acceptors (Lipinski definition) is 8. The topological polar surface area (TPSA) is 95.3 Å². The lowest BCUT2D eigenvalue weighted by Crippen LogP contribution is -2.16. The molecule has 0 saturated carbocycles. The third-order valence-electron chi connectivity index (χ3n) is 5.37.